The van der Waals surface area contributed by atoms with Crippen molar-refractivity contribution < 1.29 is 0 Å². The molecule has 0 heteroatoms. The average Bonchev–Trinajstić information content (AvgIpc) is 2.64. The van der Waals surface area contributed by atoms with Crippen molar-refractivity contribution in [2.45, 2.75) is 85.5 Å². The first-order valence-electron chi connectivity index (χ1n) is 9.97. The predicted molar refractivity (Wildman–Crippen MR) is 114 cm³/mol. The second kappa shape index (κ2) is 9.22. The molecule has 0 heterocycles. The SMILES string of the molecule is CC.CCC(C)(C)c1ccc(Cc2ccc(C(C)(C)CC)cc2)cc1. The van der Waals surface area contributed by atoms with Crippen molar-refractivity contribution in [3.05, 3.63) is 70.8 Å². The van der Waals surface area contributed by atoms with E-state index < -0.39 is 0 Å². The van der Waals surface area contributed by atoms with E-state index in [1.165, 1.54) is 35.1 Å². The molecule has 2 rings (SSSR count). The molecule has 25 heavy (non-hydrogen) atoms. The van der Waals surface area contributed by atoms with Crippen LogP contribution in [0.3, 0.4) is 0 Å². The zero-order chi connectivity index (χ0) is 19.1. The summed E-state index contributed by atoms with van der Waals surface area (Å²) in [5, 5.41) is 0. The van der Waals surface area contributed by atoms with E-state index in [4.69, 9.17) is 0 Å². The lowest BCUT2D eigenvalue weighted by atomic mass is 9.81. The number of hydrogen-bond acceptors (Lipinski definition) is 0. The fourth-order valence-electron chi connectivity index (χ4n) is 2.79. The quantitative estimate of drug-likeness (QED) is 0.506. The lowest BCUT2D eigenvalue weighted by Crippen LogP contribution is -2.15. The lowest BCUT2D eigenvalue weighted by molar-refractivity contribution is 0.506. The van der Waals surface area contributed by atoms with Crippen LogP contribution >= 0.6 is 0 Å². The summed E-state index contributed by atoms with van der Waals surface area (Å²) in [6.07, 6.45) is 3.35. The normalized spacial score (nSPS) is 11.7. The standard InChI is InChI=1S/C23H32.C2H6/c1-7-22(3,4)20-13-9-18(10-14-20)17-19-11-15-21(16-12-19)23(5,6)8-2;1-2/h9-16H,7-8,17H2,1-6H3;1-2H3. The van der Waals surface area contributed by atoms with Gasteiger partial charge >= 0.3 is 0 Å². The minimum Gasteiger partial charge on any atom is -0.0683 e. The summed E-state index contributed by atoms with van der Waals surface area (Å²) in [5.74, 6) is 0. The Kier molecular flexibility index (Phi) is 7.93. The van der Waals surface area contributed by atoms with Gasteiger partial charge in [0.25, 0.3) is 0 Å². The van der Waals surface area contributed by atoms with E-state index in [-0.39, 0.29) is 10.8 Å². The van der Waals surface area contributed by atoms with Crippen molar-refractivity contribution in [2.24, 2.45) is 0 Å². The van der Waals surface area contributed by atoms with Crippen LogP contribution in [0.1, 0.15) is 90.5 Å². The minimum atomic E-state index is 0.270. The molecule has 0 fully saturated rings. The van der Waals surface area contributed by atoms with Crippen LogP contribution in [0.15, 0.2) is 48.5 Å². The maximum atomic E-state index is 2.32. The summed E-state index contributed by atoms with van der Waals surface area (Å²) in [4.78, 5) is 0. The van der Waals surface area contributed by atoms with E-state index in [9.17, 15) is 0 Å². The van der Waals surface area contributed by atoms with Crippen LogP contribution in [0, 0.1) is 0 Å². The molecule has 0 nitrogen and oxygen atoms in total. The van der Waals surface area contributed by atoms with Gasteiger partial charge in [0.15, 0.2) is 0 Å². The highest BCUT2D eigenvalue weighted by Crippen LogP contribution is 2.28. The Balaban J connectivity index is 0.00000151. The smallest absolute Gasteiger partial charge is 0.00258 e. The highest BCUT2D eigenvalue weighted by atomic mass is 14.2. The predicted octanol–water partition coefficient (Wildman–Crippen LogP) is 7.68. The second-order valence-corrected chi connectivity index (χ2v) is 8.05. The molecule has 0 radical (unpaired) electrons. The first-order chi connectivity index (χ1) is 11.8. The maximum absolute atomic E-state index is 2.32. The van der Waals surface area contributed by atoms with Crippen molar-refractivity contribution in [3.63, 3.8) is 0 Å². The molecule has 0 spiro atoms. The Labute approximate surface area is 156 Å². The van der Waals surface area contributed by atoms with Gasteiger partial charge in [-0.1, -0.05) is 104 Å². The molecule has 0 saturated heterocycles. The van der Waals surface area contributed by atoms with E-state index in [2.05, 4.69) is 90.1 Å². The molecular weight excluding hydrogens is 300 g/mol. The van der Waals surface area contributed by atoms with E-state index in [1.54, 1.807) is 0 Å². The summed E-state index contributed by atoms with van der Waals surface area (Å²) in [5.41, 5.74) is 6.19. The molecule has 0 aromatic heterocycles. The van der Waals surface area contributed by atoms with Crippen molar-refractivity contribution in [1.29, 1.82) is 0 Å². The van der Waals surface area contributed by atoms with Gasteiger partial charge in [-0.15, -0.1) is 0 Å². The number of rotatable bonds is 6. The Morgan fingerprint density at radius 3 is 1.08 bits per heavy atom. The third-order valence-corrected chi connectivity index (χ3v) is 5.65. The number of benzene rings is 2. The third kappa shape index (κ3) is 5.73. The van der Waals surface area contributed by atoms with E-state index in [1.807, 2.05) is 13.8 Å². The molecule has 2 aromatic rings. The van der Waals surface area contributed by atoms with Crippen LogP contribution in [0.25, 0.3) is 0 Å². The molecule has 138 valence electrons. The summed E-state index contributed by atoms with van der Waals surface area (Å²) in [6.45, 7) is 17.8. The molecule has 0 amide bonds. The van der Waals surface area contributed by atoms with Crippen molar-refractivity contribution >= 4 is 0 Å². The van der Waals surface area contributed by atoms with Crippen molar-refractivity contribution in [2.75, 3.05) is 0 Å². The van der Waals surface area contributed by atoms with Gasteiger partial charge in [0.05, 0.1) is 0 Å². The van der Waals surface area contributed by atoms with Crippen LogP contribution < -0.4 is 0 Å². The molecule has 2 aromatic carbocycles. The minimum absolute atomic E-state index is 0.270. The van der Waals surface area contributed by atoms with Gasteiger partial charge in [-0.3, -0.25) is 0 Å². The first-order valence-corrected chi connectivity index (χ1v) is 9.97. The van der Waals surface area contributed by atoms with Gasteiger partial charge in [0.1, 0.15) is 0 Å². The molecule has 0 unspecified atom stereocenters. The monoisotopic (exact) mass is 338 g/mol. The zero-order valence-corrected chi connectivity index (χ0v) is 17.7. The highest BCUT2D eigenvalue weighted by molar-refractivity contribution is 5.34. The fraction of sp³-hybridized carbons (Fsp3) is 0.520. The van der Waals surface area contributed by atoms with Gasteiger partial charge in [0.2, 0.25) is 0 Å². The Morgan fingerprint density at radius 2 is 0.840 bits per heavy atom. The molecule has 0 aliphatic heterocycles. The fourth-order valence-corrected chi connectivity index (χ4v) is 2.79. The van der Waals surface area contributed by atoms with Gasteiger partial charge in [0, 0.05) is 0 Å². The number of hydrogen-bond donors (Lipinski definition) is 0. The summed E-state index contributed by atoms with van der Waals surface area (Å²) in [6, 6.07) is 18.3. The van der Waals surface area contributed by atoms with E-state index in [0.717, 1.165) is 6.42 Å². The van der Waals surface area contributed by atoms with E-state index >= 15 is 0 Å². The zero-order valence-electron chi connectivity index (χ0n) is 17.7. The van der Waals surface area contributed by atoms with Crippen LogP contribution in [0.4, 0.5) is 0 Å². The first kappa shape index (κ1) is 21.5. The summed E-state index contributed by atoms with van der Waals surface area (Å²) in [7, 11) is 0. The van der Waals surface area contributed by atoms with Crippen molar-refractivity contribution in [3.8, 4) is 0 Å². The topological polar surface area (TPSA) is 0 Å². The van der Waals surface area contributed by atoms with Gasteiger partial charge < -0.3 is 0 Å². The van der Waals surface area contributed by atoms with Crippen LogP contribution in [-0.4, -0.2) is 0 Å². The molecule has 0 saturated carbocycles. The summed E-state index contributed by atoms with van der Waals surface area (Å²) < 4.78 is 0. The molecular formula is C25H38. The third-order valence-electron chi connectivity index (χ3n) is 5.65. The van der Waals surface area contributed by atoms with E-state index in [0.29, 0.717) is 0 Å². The molecule has 0 atom stereocenters. The Bertz CT molecular complexity index is 555. The lowest BCUT2D eigenvalue weighted by Gasteiger charge is -2.24. The van der Waals surface area contributed by atoms with Crippen LogP contribution in [-0.2, 0) is 17.3 Å². The molecule has 0 N–H and O–H groups in total. The van der Waals surface area contributed by atoms with Gasteiger partial charge in [-0.25, -0.2) is 0 Å². The summed E-state index contributed by atoms with van der Waals surface area (Å²) >= 11 is 0. The second-order valence-electron chi connectivity index (χ2n) is 8.05. The molecule has 0 bridgehead atoms. The Morgan fingerprint density at radius 1 is 0.560 bits per heavy atom. The average molecular weight is 339 g/mol. The molecule has 0 aliphatic rings. The maximum Gasteiger partial charge on any atom is -0.00258 e. The van der Waals surface area contributed by atoms with Crippen LogP contribution in [0.2, 0.25) is 0 Å². The molecule has 0 aliphatic carbocycles. The van der Waals surface area contributed by atoms with Gasteiger partial charge in [-0.2, -0.15) is 0 Å². The Hall–Kier alpha value is -1.56. The highest BCUT2D eigenvalue weighted by Gasteiger charge is 2.18. The largest absolute Gasteiger partial charge is 0.0683 e. The van der Waals surface area contributed by atoms with Crippen LogP contribution in [0.5, 0.6) is 0 Å². The van der Waals surface area contributed by atoms with Gasteiger partial charge in [-0.05, 0) is 52.3 Å². The van der Waals surface area contributed by atoms with Crippen molar-refractivity contribution in [1.82, 2.24) is 0 Å².